The molecule has 0 aromatic heterocycles. The molecule has 13 heavy (non-hydrogen) atoms. The Morgan fingerprint density at radius 3 is 1.85 bits per heavy atom. The highest BCUT2D eigenvalue weighted by Gasteiger charge is 2.22. The minimum absolute atomic E-state index is 0.485. The Bertz CT molecular complexity index is 107. The predicted molar refractivity (Wildman–Crippen MR) is 68.8 cm³/mol. The fourth-order valence-electron chi connectivity index (χ4n) is 1.49. The van der Waals surface area contributed by atoms with Crippen molar-refractivity contribution >= 4 is 23.5 Å². The summed E-state index contributed by atoms with van der Waals surface area (Å²) in [5, 5.41) is 0. The smallest absolute Gasteiger partial charge is 0.0582 e. The number of thioether (sulfide) groups is 2. The lowest BCUT2D eigenvalue weighted by Gasteiger charge is -2.27. The molecule has 0 radical (unpaired) electrons. The highest BCUT2D eigenvalue weighted by atomic mass is 32.2. The Morgan fingerprint density at radius 1 is 0.923 bits per heavy atom. The molecule has 0 aliphatic heterocycles. The Kier molecular flexibility index (Phi) is 8.48. The van der Waals surface area contributed by atoms with E-state index in [9.17, 15) is 0 Å². The number of rotatable bonds is 8. The van der Waals surface area contributed by atoms with Crippen LogP contribution in [0, 0.1) is 0 Å². The van der Waals surface area contributed by atoms with Crippen LogP contribution in [0.1, 0.15) is 53.4 Å². The Hall–Kier alpha value is 0.700. The monoisotopic (exact) mass is 220 g/mol. The van der Waals surface area contributed by atoms with Crippen LogP contribution in [0.4, 0.5) is 0 Å². The average Bonchev–Trinajstić information content (AvgIpc) is 2.05. The molecule has 2 heteroatoms. The highest BCUT2D eigenvalue weighted by Crippen LogP contribution is 2.40. The quantitative estimate of drug-likeness (QED) is 0.426. The van der Waals surface area contributed by atoms with Gasteiger partial charge in [0.2, 0.25) is 0 Å². The molecule has 0 aliphatic carbocycles. The Balaban J connectivity index is 3.76. The summed E-state index contributed by atoms with van der Waals surface area (Å²) in [6, 6.07) is 0. The summed E-state index contributed by atoms with van der Waals surface area (Å²) in [5.74, 6) is 2.49. The molecule has 80 valence electrons. The Morgan fingerprint density at radius 2 is 1.46 bits per heavy atom. The van der Waals surface area contributed by atoms with Gasteiger partial charge in [-0.2, -0.15) is 0 Å². The number of unbranched alkanes of at least 4 members (excludes halogenated alkanes) is 2. The van der Waals surface area contributed by atoms with Crippen LogP contribution in [0.3, 0.4) is 0 Å². The summed E-state index contributed by atoms with van der Waals surface area (Å²) in [6.07, 6.45) is 5.50. The van der Waals surface area contributed by atoms with E-state index >= 15 is 0 Å². The molecule has 0 rings (SSSR count). The summed E-state index contributed by atoms with van der Waals surface area (Å²) < 4.78 is 0.485. The molecule has 0 fully saturated rings. The molecular formula is C11H24S2. The second-order valence-electron chi connectivity index (χ2n) is 3.46. The third-order valence-electron chi connectivity index (χ3n) is 2.13. The Labute approximate surface area is 92.6 Å². The molecule has 0 bridgehead atoms. The summed E-state index contributed by atoms with van der Waals surface area (Å²) in [5.41, 5.74) is 0. The van der Waals surface area contributed by atoms with Crippen molar-refractivity contribution in [2.24, 2.45) is 0 Å². The van der Waals surface area contributed by atoms with E-state index in [2.05, 4.69) is 51.2 Å². The molecule has 0 aromatic carbocycles. The fraction of sp³-hybridized carbons (Fsp3) is 1.00. The van der Waals surface area contributed by atoms with E-state index < -0.39 is 0 Å². The zero-order valence-electron chi connectivity index (χ0n) is 9.56. The van der Waals surface area contributed by atoms with Crippen LogP contribution in [0.25, 0.3) is 0 Å². The van der Waals surface area contributed by atoms with Crippen LogP contribution in [0.15, 0.2) is 0 Å². The van der Waals surface area contributed by atoms with Gasteiger partial charge in [0.25, 0.3) is 0 Å². The van der Waals surface area contributed by atoms with Gasteiger partial charge in [-0.15, -0.1) is 23.5 Å². The lowest BCUT2D eigenvalue weighted by Crippen LogP contribution is -2.15. The van der Waals surface area contributed by atoms with Crippen molar-refractivity contribution in [1.82, 2.24) is 0 Å². The van der Waals surface area contributed by atoms with Gasteiger partial charge in [0.05, 0.1) is 4.08 Å². The van der Waals surface area contributed by atoms with Gasteiger partial charge in [0, 0.05) is 0 Å². The zero-order chi connectivity index (χ0) is 10.2. The van der Waals surface area contributed by atoms with Gasteiger partial charge < -0.3 is 0 Å². The van der Waals surface area contributed by atoms with E-state index in [0.29, 0.717) is 4.08 Å². The van der Waals surface area contributed by atoms with Crippen molar-refractivity contribution in [3.05, 3.63) is 0 Å². The molecule has 0 nitrogen and oxygen atoms in total. The van der Waals surface area contributed by atoms with Crippen molar-refractivity contribution < 1.29 is 0 Å². The van der Waals surface area contributed by atoms with Gasteiger partial charge >= 0.3 is 0 Å². The molecular weight excluding hydrogens is 196 g/mol. The largest absolute Gasteiger partial charge is 0.145 e. The topological polar surface area (TPSA) is 0 Å². The van der Waals surface area contributed by atoms with Crippen molar-refractivity contribution in [2.75, 3.05) is 11.5 Å². The van der Waals surface area contributed by atoms with E-state index in [0.717, 1.165) is 0 Å². The van der Waals surface area contributed by atoms with Crippen LogP contribution >= 0.6 is 23.5 Å². The molecule has 0 aromatic rings. The average molecular weight is 220 g/mol. The summed E-state index contributed by atoms with van der Waals surface area (Å²) >= 11 is 4.23. The summed E-state index contributed by atoms with van der Waals surface area (Å²) in [4.78, 5) is 0. The molecule has 0 N–H and O–H groups in total. The maximum absolute atomic E-state index is 2.41. The first kappa shape index (κ1) is 13.7. The second-order valence-corrected chi connectivity index (χ2v) is 7.25. The molecule has 0 unspecified atom stereocenters. The molecule has 0 atom stereocenters. The van der Waals surface area contributed by atoms with E-state index in [-0.39, 0.29) is 0 Å². The van der Waals surface area contributed by atoms with Crippen LogP contribution in [-0.4, -0.2) is 15.6 Å². The lowest BCUT2D eigenvalue weighted by atomic mass is 10.2. The third-order valence-corrected chi connectivity index (χ3v) is 5.05. The standard InChI is InChI=1S/C11H24S2/c1-5-8-9-10-11(4,12-6-2)13-7-3/h5-10H2,1-4H3. The molecule has 0 amide bonds. The van der Waals surface area contributed by atoms with Crippen LogP contribution < -0.4 is 0 Å². The van der Waals surface area contributed by atoms with Crippen LogP contribution in [0.2, 0.25) is 0 Å². The first-order chi connectivity index (χ1) is 6.18. The van der Waals surface area contributed by atoms with Crippen molar-refractivity contribution in [1.29, 1.82) is 0 Å². The molecule has 0 spiro atoms. The summed E-state index contributed by atoms with van der Waals surface area (Å²) in [7, 11) is 0. The molecule has 0 saturated carbocycles. The second kappa shape index (κ2) is 8.05. The van der Waals surface area contributed by atoms with Crippen LogP contribution in [-0.2, 0) is 0 Å². The maximum atomic E-state index is 2.41. The summed E-state index contributed by atoms with van der Waals surface area (Å²) in [6.45, 7) is 9.21. The van der Waals surface area contributed by atoms with Gasteiger partial charge in [-0.05, 0) is 24.9 Å². The predicted octanol–water partition coefficient (Wildman–Crippen LogP) is 4.79. The minimum atomic E-state index is 0.485. The van der Waals surface area contributed by atoms with E-state index in [1.54, 1.807) is 0 Å². The maximum Gasteiger partial charge on any atom is 0.0582 e. The van der Waals surface area contributed by atoms with Gasteiger partial charge in [-0.3, -0.25) is 0 Å². The molecule has 0 heterocycles. The lowest BCUT2D eigenvalue weighted by molar-refractivity contribution is 0.644. The fourth-order valence-corrected chi connectivity index (χ4v) is 4.33. The van der Waals surface area contributed by atoms with E-state index in [1.165, 1.54) is 37.2 Å². The number of hydrogen-bond donors (Lipinski definition) is 0. The van der Waals surface area contributed by atoms with E-state index in [1.807, 2.05) is 0 Å². The van der Waals surface area contributed by atoms with E-state index in [4.69, 9.17) is 0 Å². The normalized spacial score (nSPS) is 12.0. The first-order valence-corrected chi connectivity index (χ1v) is 7.43. The van der Waals surface area contributed by atoms with Crippen LogP contribution in [0.5, 0.6) is 0 Å². The minimum Gasteiger partial charge on any atom is -0.145 e. The van der Waals surface area contributed by atoms with Gasteiger partial charge in [0.1, 0.15) is 0 Å². The SMILES string of the molecule is CCCCCC(C)(SCC)SCC. The van der Waals surface area contributed by atoms with Gasteiger partial charge in [0.15, 0.2) is 0 Å². The van der Waals surface area contributed by atoms with Crippen molar-refractivity contribution in [3.63, 3.8) is 0 Å². The van der Waals surface area contributed by atoms with Gasteiger partial charge in [-0.1, -0.05) is 40.0 Å². The molecule has 0 aliphatic rings. The number of hydrogen-bond acceptors (Lipinski definition) is 2. The third kappa shape index (κ3) is 6.73. The zero-order valence-corrected chi connectivity index (χ0v) is 11.2. The van der Waals surface area contributed by atoms with Crippen molar-refractivity contribution in [2.45, 2.75) is 57.5 Å². The van der Waals surface area contributed by atoms with Crippen molar-refractivity contribution in [3.8, 4) is 0 Å². The van der Waals surface area contributed by atoms with Gasteiger partial charge in [-0.25, -0.2) is 0 Å². The highest BCUT2D eigenvalue weighted by molar-refractivity contribution is 8.18. The molecule has 0 saturated heterocycles. The first-order valence-electron chi connectivity index (χ1n) is 5.46.